The van der Waals surface area contributed by atoms with Gasteiger partial charge in [-0.15, -0.1) is 0 Å². The molecule has 1 amide bonds. The number of hydrogen-bond acceptors (Lipinski definition) is 4. The molecule has 0 aromatic carbocycles. The van der Waals surface area contributed by atoms with E-state index in [9.17, 15) is 4.79 Å². The number of nitrogens with one attached hydrogen (secondary N) is 1. The highest BCUT2D eigenvalue weighted by atomic mass is 35.5. The number of likely N-dealkylation sites (N-methyl/N-ethyl adjacent to an activating group) is 1. The van der Waals surface area contributed by atoms with E-state index in [-0.39, 0.29) is 17.2 Å². The normalized spacial score (nSPS) is 21.0. The maximum atomic E-state index is 11.3. The van der Waals surface area contributed by atoms with E-state index >= 15 is 0 Å². The highest BCUT2D eigenvalue weighted by Crippen LogP contribution is 2.15. The van der Waals surface area contributed by atoms with Gasteiger partial charge in [-0.05, 0) is 24.1 Å². The Balaban J connectivity index is 1.98. The maximum Gasteiger partial charge on any atom is 0.224 e. The smallest absolute Gasteiger partial charge is 0.224 e. The van der Waals surface area contributed by atoms with Crippen molar-refractivity contribution in [1.29, 1.82) is 0 Å². The fraction of sp³-hybridized carbons (Fsp3) is 0.500. The van der Waals surface area contributed by atoms with E-state index in [4.69, 9.17) is 11.6 Å². The second-order valence-electron chi connectivity index (χ2n) is 3.87. The predicted molar refractivity (Wildman–Crippen MR) is 61.3 cm³/mol. The highest BCUT2D eigenvalue weighted by Gasteiger charge is 2.22. The largest absolute Gasteiger partial charge is 0.365 e. The van der Waals surface area contributed by atoms with E-state index < -0.39 is 0 Å². The van der Waals surface area contributed by atoms with Crippen LogP contribution in [0, 0.1) is 0 Å². The third-order valence-electron chi connectivity index (χ3n) is 2.60. The Labute approximate surface area is 98.8 Å². The summed E-state index contributed by atoms with van der Waals surface area (Å²) >= 11 is 5.69. The zero-order valence-electron chi connectivity index (χ0n) is 8.98. The average Bonchev–Trinajstić information content (AvgIpc) is 2.24. The molecule has 86 valence electrons. The number of carbonyl (C=O) groups excluding carboxylic acids is 1. The summed E-state index contributed by atoms with van der Waals surface area (Å²) in [5.41, 5.74) is 0. The molecular weight excluding hydrogens is 228 g/mol. The van der Waals surface area contributed by atoms with Gasteiger partial charge in [-0.1, -0.05) is 0 Å². The summed E-state index contributed by atoms with van der Waals surface area (Å²) in [6.07, 6.45) is 3.01. The Morgan fingerprint density at radius 1 is 1.62 bits per heavy atom. The van der Waals surface area contributed by atoms with E-state index in [0.717, 1.165) is 6.42 Å². The molecule has 6 heteroatoms. The molecule has 0 saturated carbocycles. The lowest BCUT2D eigenvalue weighted by molar-refractivity contribution is -0.132. The summed E-state index contributed by atoms with van der Waals surface area (Å²) in [4.78, 5) is 20.9. The van der Waals surface area contributed by atoms with Gasteiger partial charge in [-0.2, -0.15) is 0 Å². The highest BCUT2D eigenvalue weighted by molar-refractivity contribution is 6.28. The molecule has 0 radical (unpaired) electrons. The summed E-state index contributed by atoms with van der Waals surface area (Å²) in [5, 5.41) is 3.47. The molecule has 0 spiro atoms. The number of halogens is 1. The summed E-state index contributed by atoms with van der Waals surface area (Å²) in [5.74, 6) is 0.895. The summed E-state index contributed by atoms with van der Waals surface area (Å²) in [6.45, 7) is 0.695. The Kier molecular flexibility index (Phi) is 3.24. The van der Waals surface area contributed by atoms with Crippen LogP contribution in [0.4, 0.5) is 5.82 Å². The van der Waals surface area contributed by atoms with Crippen LogP contribution >= 0.6 is 11.6 Å². The van der Waals surface area contributed by atoms with Crippen LogP contribution in [-0.4, -0.2) is 40.4 Å². The SMILES string of the molecule is CN1CC(Nc2ccnc(Cl)n2)CCC1=O. The molecule has 2 rings (SSSR count). The molecule has 2 heterocycles. The number of amides is 1. The van der Waals surface area contributed by atoms with Crippen LogP contribution in [-0.2, 0) is 4.79 Å². The van der Waals surface area contributed by atoms with Crippen molar-refractivity contribution in [3.63, 3.8) is 0 Å². The molecule has 1 aliphatic heterocycles. The van der Waals surface area contributed by atoms with Gasteiger partial charge in [0.25, 0.3) is 0 Å². The van der Waals surface area contributed by atoms with Gasteiger partial charge in [0.1, 0.15) is 5.82 Å². The van der Waals surface area contributed by atoms with Crippen LogP contribution in [0.3, 0.4) is 0 Å². The molecule has 1 aromatic rings. The maximum absolute atomic E-state index is 11.3. The zero-order chi connectivity index (χ0) is 11.5. The number of piperidine rings is 1. The Hall–Kier alpha value is -1.36. The van der Waals surface area contributed by atoms with Gasteiger partial charge in [0, 0.05) is 32.3 Å². The second kappa shape index (κ2) is 4.65. The first kappa shape index (κ1) is 11.1. The number of carbonyl (C=O) groups is 1. The number of nitrogens with zero attached hydrogens (tertiary/aromatic N) is 3. The van der Waals surface area contributed by atoms with Crippen LogP contribution in [0.2, 0.25) is 5.28 Å². The van der Waals surface area contributed by atoms with Crippen LogP contribution in [0.1, 0.15) is 12.8 Å². The first-order valence-electron chi connectivity index (χ1n) is 5.14. The molecule has 1 saturated heterocycles. The third-order valence-corrected chi connectivity index (χ3v) is 2.79. The molecule has 1 aromatic heterocycles. The molecular formula is C10H13ClN4O. The lowest BCUT2D eigenvalue weighted by Gasteiger charge is -2.30. The van der Waals surface area contributed by atoms with E-state index in [1.54, 1.807) is 17.2 Å². The van der Waals surface area contributed by atoms with Gasteiger partial charge in [0.15, 0.2) is 0 Å². The van der Waals surface area contributed by atoms with Crippen LogP contribution in [0.5, 0.6) is 0 Å². The monoisotopic (exact) mass is 240 g/mol. The van der Waals surface area contributed by atoms with Crippen LogP contribution in [0.25, 0.3) is 0 Å². The van der Waals surface area contributed by atoms with Crippen molar-refractivity contribution < 1.29 is 4.79 Å². The van der Waals surface area contributed by atoms with Gasteiger partial charge in [0.05, 0.1) is 0 Å². The Morgan fingerprint density at radius 2 is 2.44 bits per heavy atom. The van der Waals surface area contributed by atoms with Crippen LogP contribution < -0.4 is 5.32 Å². The standard InChI is InChI=1S/C10H13ClN4O/c1-15-6-7(2-3-9(15)16)13-8-4-5-12-10(11)14-8/h4-5,7H,2-3,6H2,1H3,(H,12,13,14). The van der Waals surface area contributed by atoms with Gasteiger partial charge < -0.3 is 10.2 Å². The average molecular weight is 241 g/mol. The quantitative estimate of drug-likeness (QED) is 0.789. The third kappa shape index (κ3) is 2.61. The van der Waals surface area contributed by atoms with Gasteiger partial charge >= 0.3 is 0 Å². The van der Waals surface area contributed by atoms with Crippen LogP contribution in [0.15, 0.2) is 12.3 Å². The van der Waals surface area contributed by atoms with Crippen molar-refractivity contribution in [2.75, 3.05) is 18.9 Å². The van der Waals surface area contributed by atoms with Crippen molar-refractivity contribution in [2.45, 2.75) is 18.9 Å². The van der Waals surface area contributed by atoms with Crippen molar-refractivity contribution in [2.24, 2.45) is 0 Å². The molecule has 5 nitrogen and oxygen atoms in total. The lowest BCUT2D eigenvalue weighted by Crippen LogP contribution is -2.43. The molecule has 0 aliphatic carbocycles. The zero-order valence-corrected chi connectivity index (χ0v) is 9.74. The van der Waals surface area contributed by atoms with E-state index in [1.807, 2.05) is 7.05 Å². The number of rotatable bonds is 2. The summed E-state index contributed by atoms with van der Waals surface area (Å²) < 4.78 is 0. The summed E-state index contributed by atoms with van der Waals surface area (Å²) in [7, 11) is 1.81. The van der Waals surface area contributed by atoms with Gasteiger partial charge in [-0.3, -0.25) is 4.79 Å². The topological polar surface area (TPSA) is 58.1 Å². The van der Waals surface area contributed by atoms with Crippen molar-refractivity contribution in [1.82, 2.24) is 14.9 Å². The molecule has 0 bridgehead atoms. The molecule has 16 heavy (non-hydrogen) atoms. The molecule has 1 N–H and O–H groups in total. The lowest BCUT2D eigenvalue weighted by atomic mass is 10.1. The minimum Gasteiger partial charge on any atom is -0.365 e. The first-order chi connectivity index (χ1) is 7.65. The number of aromatic nitrogens is 2. The fourth-order valence-electron chi connectivity index (χ4n) is 1.75. The number of hydrogen-bond donors (Lipinski definition) is 1. The molecule has 1 fully saturated rings. The molecule has 1 atom stereocenters. The minimum atomic E-state index is 0.193. The first-order valence-corrected chi connectivity index (χ1v) is 5.52. The summed E-state index contributed by atoms with van der Waals surface area (Å²) in [6, 6.07) is 2.00. The fourth-order valence-corrected chi connectivity index (χ4v) is 1.90. The number of anilines is 1. The molecule has 1 unspecified atom stereocenters. The van der Waals surface area contributed by atoms with Crippen molar-refractivity contribution in [3.8, 4) is 0 Å². The Morgan fingerprint density at radius 3 is 3.12 bits per heavy atom. The minimum absolute atomic E-state index is 0.193. The predicted octanol–water partition coefficient (Wildman–Crippen LogP) is 1.16. The van der Waals surface area contributed by atoms with Gasteiger partial charge in [0.2, 0.25) is 11.2 Å². The van der Waals surface area contributed by atoms with E-state index in [2.05, 4.69) is 15.3 Å². The Bertz CT molecular complexity index is 398. The second-order valence-corrected chi connectivity index (χ2v) is 4.20. The van der Waals surface area contributed by atoms with Crippen molar-refractivity contribution >= 4 is 23.3 Å². The number of likely N-dealkylation sites (tertiary alicyclic amines) is 1. The van der Waals surface area contributed by atoms with Crippen molar-refractivity contribution in [3.05, 3.63) is 17.5 Å². The van der Waals surface area contributed by atoms with Gasteiger partial charge in [-0.25, -0.2) is 9.97 Å². The van der Waals surface area contributed by atoms with E-state index in [1.165, 1.54) is 0 Å². The molecule has 1 aliphatic rings. The van der Waals surface area contributed by atoms with E-state index in [0.29, 0.717) is 18.8 Å².